The van der Waals surface area contributed by atoms with Crippen molar-refractivity contribution in [2.45, 2.75) is 25.4 Å². The fourth-order valence-electron chi connectivity index (χ4n) is 1.02. The van der Waals surface area contributed by atoms with Crippen LogP contribution in [0, 0.1) is 0 Å². The van der Waals surface area contributed by atoms with Crippen LogP contribution >= 0.6 is 0 Å². The quantitative estimate of drug-likeness (QED) is 0.712. The van der Waals surface area contributed by atoms with Crippen molar-refractivity contribution in [3.63, 3.8) is 0 Å². The van der Waals surface area contributed by atoms with Gasteiger partial charge in [-0.25, -0.2) is 0 Å². The molecule has 2 nitrogen and oxygen atoms in total. The minimum atomic E-state index is -4.41. The van der Waals surface area contributed by atoms with E-state index in [0.29, 0.717) is 6.29 Å². The first-order valence-electron chi connectivity index (χ1n) is 4.27. The van der Waals surface area contributed by atoms with Gasteiger partial charge < -0.3 is 4.79 Å². The number of aldehydes is 1. The maximum absolute atomic E-state index is 12.3. The lowest BCUT2D eigenvalue weighted by Gasteiger charge is -2.17. The first-order chi connectivity index (χ1) is 6.77. The van der Waals surface area contributed by atoms with E-state index in [-0.39, 0.29) is 5.69 Å². The Balaban J connectivity index is 3.20. The Labute approximate surface area is 85.1 Å². The van der Waals surface area contributed by atoms with Gasteiger partial charge in [-0.3, -0.25) is 4.98 Å². The van der Waals surface area contributed by atoms with E-state index in [2.05, 4.69) is 4.98 Å². The number of halogens is 3. The molecule has 82 valence electrons. The highest BCUT2D eigenvalue weighted by atomic mass is 19.4. The lowest BCUT2D eigenvalue weighted by molar-refractivity contribution is -0.137. The number of rotatable bonds is 2. The average molecular weight is 217 g/mol. The summed E-state index contributed by atoms with van der Waals surface area (Å²) in [4.78, 5) is 14.4. The van der Waals surface area contributed by atoms with Crippen molar-refractivity contribution >= 4 is 6.29 Å². The van der Waals surface area contributed by atoms with Crippen LogP contribution < -0.4 is 0 Å². The number of nitrogens with zero attached hydrogens (tertiary/aromatic N) is 1. The standard InChI is InChI=1S/C10H10F3NO/c1-9(2,6-15)8-5-7(3-4-14-8)10(11,12)13/h3-6H,1-2H3. The normalized spacial score (nSPS) is 12.6. The molecule has 1 aromatic rings. The maximum atomic E-state index is 12.3. The molecule has 1 heterocycles. The van der Waals surface area contributed by atoms with E-state index < -0.39 is 17.2 Å². The number of carbonyl (C=O) groups is 1. The highest BCUT2D eigenvalue weighted by Gasteiger charge is 2.32. The Morgan fingerprint density at radius 3 is 2.40 bits per heavy atom. The number of hydrogen-bond donors (Lipinski definition) is 0. The van der Waals surface area contributed by atoms with E-state index in [1.165, 1.54) is 13.8 Å². The molecular formula is C10H10F3NO. The number of alkyl halides is 3. The first kappa shape index (κ1) is 11.7. The molecule has 1 rings (SSSR count). The van der Waals surface area contributed by atoms with E-state index in [4.69, 9.17) is 0 Å². The SMILES string of the molecule is CC(C)(C=O)c1cc(C(F)(F)F)ccn1. The molecule has 0 aromatic carbocycles. The molecule has 0 aliphatic carbocycles. The van der Waals surface area contributed by atoms with Gasteiger partial charge in [0.25, 0.3) is 0 Å². The molecule has 0 radical (unpaired) electrons. The summed E-state index contributed by atoms with van der Waals surface area (Å²) in [5, 5.41) is 0. The summed E-state index contributed by atoms with van der Waals surface area (Å²) in [5.41, 5.74) is -1.67. The molecule has 0 spiro atoms. The van der Waals surface area contributed by atoms with Crippen molar-refractivity contribution in [2.75, 3.05) is 0 Å². The van der Waals surface area contributed by atoms with Gasteiger partial charge in [0.2, 0.25) is 0 Å². The highest BCUT2D eigenvalue weighted by Crippen LogP contribution is 2.31. The summed E-state index contributed by atoms with van der Waals surface area (Å²) in [7, 11) is 0. The lowest BCUT2D eigenvalue weighted by Crippen LogP contribution is -2.21. The second-order valence-corrected chi connectivity index (χ2v) is 3.77. The van der Waals surface area contributed by atoms with Gasteiger partial charge in [-0.2, -0.15) is 13.2 Å². The Morgan fingerprint density at radius 1 is 1.33 bits per heavy atom. The number of pyridine rings is 1. The highest BCUT2D eigenvalue weighted by molar-refractivity contribution is 5.66. The van der Waals surface area contributed by atoms with Crippen molar-refractivity contribution in [3.8, 4) is 0 Å². The van der Waals surface area contributed by atoms with Gasteiger partial charge in [0, 0.05) is 6.20 Å². The third-order valence-electron chi connectivity index (χ3n) is 2.04. The number of aromatic nitrogens is 1. The number of carbonyl (C=O) groups excluding carboxylic acids is 1. The van der Waals surface area contributed by atoms with Crippen LogP contribution in [0.5, 0.6) is 0 Å². The monoisotopic (exact) mass is 217 g/mol. The van der Waals surface area contributed by atoms with Crippen LogP contribution in [0.1, 0.15) is 25.1 Å². The molecule has 0 saturated carbocycles. The van der Waals surface area contributed by atoms with Crippen molar-refractivity contribution in [2.24, 2.45) is 0 Å². The molecule has 15 heavy (non-hydrogen) atoms. The van der Waals surface area contributed by atoms with Gasteiger partial charge in [0.1, 0.15) is 6.29 Å². The van der Waals surface area contributed by atoms with Crippen molar-refractivity contribution in [1.29, 1.82) is 0 Å². The van der Waals surface area contributed by atoms with E-state index >= 15 is 0 Å². The van der Waals surface area contributed by atoms with Gasteiger partial charge in [-0.05, 0) is 26.0 Å². The number of hydrogen-bond acceptors (Lipinski definition) is 2. The molecule has 5 heteroatoms. The lowest BCUT2D eigenvalue weighted by atomic mass is 9.90. The summed E-state index contributed by atoms with van der Waals surface area (Å²) in [6.07, 6.45) is -2.77. The van der Waals surface area contributed by atoms with Crippen LogP contribution in [0.2, 0.25) is 0 Å². The summed E-state index contributed by atoms with van der Waals surface area (Å²) in [5.74, 6) is 0. The van der Waals surface area contributed by atoms with Crippen molar-refractivity contribution in [1.82, 2.24) is 4.98 Å². The van der Waals surface area contributed by atoms with Crippen LogP contribution in [0.25, 0.3) is 0 Å². The fourth-order valence-corrected chi connectivity index (χ4v) is 1.02. The Morgan fingerprint density at radius 2 is 1.93 bits per heavy atom. The second kappa shape index (κ2) is 3.64. The smallest absolute Gasteiger partial charge is 0.302 e. The van der Waals surface area contributed by atoms with Gasteiger partial charge in [-0.15, -0.1) is 0 Å². The van der Waals surface area contributed by atoms with Gasteiger partial charge in [0.15, 0.2) is 0 Å². The molecule has 0 saturated heterocycles. The maximum Gasteiger partial charge on any atom is 0.416 e. The molecule has 0 amide bonds. The Kier molecular flexibility index (Phi) is 2.83. The molecule has 0 aliphatic heterocycles. The van der Waals surface area contributed by atoms with Gasteiger partial charge >= 0.3 is 6.18 Å². The predicted octanol–water partition coefficient (Wildman–Crippen LogP) is 2.58. The molecule has 0 unspecified atom stereocenters. The fraction of sp³-hybridized carbons (Fsp3) is 0.400. The van der Waals surface area contributed by atoms with E-state index in [0.717, 1.165) is 18.3 Å². The van der Waals surface area contributed by atoms with E-state index in [9.17, 15) is 18.0 Å². The summed E-state index contributed by atoms with van der Waals surface area (Å²) in [6, 6.07) is 1.78. The minimum Gasteiger partial charge on any atom is -0.302 e. The third kappa shape index (κ3) is 2.55. The van der Waals surface area contributed by atoms with Crippen LogP contribution in [0.4, 0.5) is 13.2 Å². The zero-order chi connectivity index (χ0) is 11.7. The zero-order valence-corrected chi connectivity index (χ0v) is 8.30. The molecule has 0 N–H and O–H groups in total. The minimum absolute atomic E-state index is 0.118. The largest absolute Gasteiger partial charge is 0.416 e. The summed E-state index contributed by atoms with van der Waals surface area (Å²) >= 11 is 0. The van der Waals surface area contributed by atoms with Crippen molar-refractivity contribution in [3.05, 3.63) is 29.6 Å². The van der Waals surface area contributed by atoms with Crippen molar-refractivity contribution < 1.29 is 18.0 Å². The van der Waals surface area contributed by atoms with Crippen LogP contribution in [-0.4, -0.2) is 11.3 Å². The molecular weight excluding hydrogens is 207 g/mol. The molecule has 0 atom stereocenters. The molecule has 0 aliphatic rings. The molecule has 1 aromatic heterocycles. The molecule has 0 fully saturated rings. The predicted molar refractivity (Wildman–Crippen MR) is 48.3 cm³/mol. The average Bonchev–Trinajstić information content (AvgIpc) is 2.17. The zero-order valence-electron chi connectivity index (χ0n) is 8.30. The Hall–Kier alpha value is -1.39. The van der Waals surface area contributed by atoms with E-state index in [1.807, 2.05) is 0 Å². The second-order valence-electron chi connectivity index (χ2n) is 3.77. The summed E-state index contributed by atoms with van der Waals surface area (Å²) in [6.45, 7) is 3.03. The summed E-state index contributed by atoms with van der Waals surface area (Å²) < 4.78 is 37.0. The van der Waals surface area contributed by atoms with Gasteiger partial charge in [-0.1, -0.05) is 0 Å². The first-order valence-corrected chi connectivity index (χ1v) is 4.27. The van der Waals surface area contributed by atoms with Crippen LogP contribution in [0.3, 0.4) is 0 Å². The topological polar surface area (TPSA) is 30.0 Å². The third-order valence-corrected chi connectivity index (χ3v) is 2.04. The van der Waals surface area contributed by atoms with Gasteiger partial charge in [0.05, 0.1) is 16.7 Å². The van der Waals surface area contributed by atoms with Crippen LogP contribution in [0.15, 0.2) is 18.3 Å². The van der Waals surface area contributed by atoms with Crippen LogP contribution in [-0.2, 0) is 16.4 Å². The Bertz CT molecular complexity index is 371. The molecule has 0 bridgehead atoms. The van der Waals surface area contributed by atoms with E-state index in [1.54, 1.807) is 0 Å².